The maximum atomic E-state index is 5.45. The van der Waals surface area contributed by atoms with Gasteiger partial charge in [0.05, 0.1) is 5.69 Å². The van der Waals surface area contributed by atoms with Crippen LogP contribution in [0, 0.1) is 0 Å². The van der Waals surface area contributed by atoms with E-state index in [0.29, 0.717) is 0 Å². The predicted octanol–water partition coefficient (Wildman–Crippen LogP) is 8.59. The van der Waals surface area contributed by atoms with Crippen LogP contribution in [0.25, 0.3) is 66.4 Å². The first-order valence-electron chi connectivity index (χ1n) is 14.2. The third-order valence-electron chi connectivity index (χ3n) is 8.63. The molecule has 8 rings (SSSR count). The van der Waals surface area contributed by atoms with Crippen LogP contribution in [-0.4, -0.2) is 18.0 Å². The summed E-state index contributed by atoms with van der Waals surface area (Å²) in [6, 6.07) is 47.8. The maximum Gasteiger partial charge on any atom is 0.159 e. The summed E-state index contributed by atoms with van der Waals surface area (Å²) in [7, 11) is -2.12. The molecule has 0 saturated carbocycles. The monoisotopic (exact) mass is 540 g/mol. The van der Waals surface area contributed by atoms with Gasteiger partial charge in [0.15, 0.2) is 5.82 Å². The quantitative estimate of drug-likeness (QED) is 0.210. The summed E-state index contributed by atoms with van der Waals surface area (Å²) in [6.07, 6.45) is 0. The maximum absolute atomic E-state index is 5.45. The Morgan fingerprint density at radius 2 is 1.12 bits per heavy atom. The molecule has 0 radical (unpaired) electrons. The van der Waals surface area contributed by atoms with Crippen LogP contribution in [0.2, 0.25) is 13.1 Å². The van der Waals surface area contributed by atoms with Crippen LogP contribution in [0.15, 0.2) is 133 Å². The molecule has 2 nitrogen and oxygen atoms in total. The molecule has 1 aliphatic heterocycles. The molecule has 1 aliphatic rings. The van der Waals surface area contributed by atoms with E-state index in [1.807, 2.05) is 0 Å². The number of aromatic nitrogens is 2. The molecule has 0 fully saturated rings. The summed E-state index contributed by atoms with van der Waals surface area (Å²) < 4.78 is 0. The Morgan fingerprint density at radius 3 is 1.95 bits per heavy atom. The van der Waals surface area contributed by atoms with Gasteiger partial charge in [-0.2, -0.15) is 0 Å². The first-order chi connectivity index (χ1) is 20.1. The smallest absolute Gasteiger partial charge is 0.159 e. The minimum absolute atomic E-state index is 0.794. The second-order valence-electron chi connectivity index (χ2n) is 11.4. The molecule has 0 N–H and O–H groups in total. The highest BCUT2D eigenvalue weighted by Crippen LogP contribution is 2.41. The summed E-state index contributed by atoms with van der Waals surface area (Å²) in [5.74, 6) is 0.794. The van der Waals surface area contributed by atoms with Gasteiger partial charge >= 0.3 is 0 Å². The second kappa shape index (κ2) is 9.08. The van der Waals surface area contributed by atoms with Crippen molar-refractivity contribution in [3.63, 3.8) is 0 Å². The summed E-state index contributed by atoms with van der Waals surface area (Å²) in [5.41, 5.74) is 8.13. The van der Waals surface area contributed by atoms with Gasteiger partial charge in [0, 0.05) is 22.0 Å². The van der Waals surface area contributed by atoms with Gasteiger partial charge < -0.3 is 0 Å². The molecular formula is C38H28N2Si. The van der Waals surface area contributed by atoms with Crippen molar-refractivity contribution >= 4 is 40.1 Å². The lowest BCUT2D eigenvalue weighted by atomic mass is 9.93. The number of hydrogen-bond acceptors (Lipinski definition) is 2. The predicted molar refractivity (Wildman–Crippen MR) is 176 cm³/mol. The Labute approximate surface area is 241 Å². The molecule has 2 heterocycles. The Balaban J connectivity index is 1.47. The van der Waals surface area contributed by atoms with Gasteiger partial charge in [-0.1, -0.05) is 140 Å². The molecule has 0 atom stereocenters. The highest BCUT2D eigenvalue weighted by atomic mass is 28.3. The molecule has 6 aromatic carbocycles. The molecule has 0 aliphatic carbocycles. The molecule has 0 saturated heterocycles. The van der Waals surface area contributed by atoms with Crippen LogP contribution in [-0.2, 0) is 0 Å². The number of fused-ring (bicyclic) bond motifs is 6. The largest absolute Gasteiger partial charge is 0.237 e. The minimum Gasteiger partial charge on any atom is -0.237 e. The lowest BCUT2D eigenvalue weighted by molar-refractivity contribution is 1.21. The molecule has 0 bridgehead atoms. The number of nitrogens with zero attached hydrogens (tertiary/aromatic N) is 2. The fourth-order valence-electron chi connectivity index (χ4n) is 6.56. The van der Waals surface area contributed by atoms with Gasteiger partial charge in [-0.15, -0.1) is 0 Å². The highest BCUT2D eigenvalue weighted by molar-refractivity contribution is 7.03. The van der Waals surface area contributed by atoms with Crippen LogP contribution in [0.5, 0.6) is 0 Å². The molecule has 0 spiro atoms. The molecular weight excluding hydrogens is 513 g/mol. The third-order valence-corrected chi connectivity index (χ3v) is 11.9. The van der Waals surface area contributed by atoms with E-state index in [2.05, 4.69) is 147 Å². The lowest BCUT2D eigenvalue weighted by Crippen LogP contribution is -2.50. The van der Waals surface area contributed by atoms with Crippen molar-refractivity contribution in [2.24, 2.45) is 0 Å². The Hall–Kier alpha value is -4.86. The molecule has 3 heteroatoms. The first kappa shape index (κ1) is 24.0. The molecule has 194 valence electrons. The van der Waals surface area contributed by atoms with Crippen molar-refractivity contribution < 1.29 is 0 Å². The Kier molecular flexibility index (Phi) is 5.31. The molecule has 0 amide bonds. The average molecular weight is 541 g/mol. The van der Waals surface area contributed by atoms with Gasteiger partial charge in [0.2, 0.25) is 0 Å². The minimum atomic E-state index is -2.12. The number of benzene rings is 6. The number of hydrogen-bond donors (Lipinski definition) is 0. The van der Waals surface area contributed by atoms with Crippen molar-refractivity contribution in [1.29, 1.82) is 0 Å². The fraction of sp³-hybridized carbons (Fsp3) is 0.0526. The molecule has 41 heavy (non-hydrogen) atoms. The van der Waals surface area contributed by atoms with Crippen LogP contribution in [0.4, 0.5) is 0 Å². The van der Waals surface area contributed by atoms with E-state index in [-0.39, 0.29) is 0 Å². The van der Waals surface area contributed by atoms with Crippen molar-refractivity contribution in [3.8, 4) is 44.9 Å². The summed E-state index contributed by atoms with van der Waals surface area (Å²) in [5, 5.41) is 7.64. The van der Waals surface area contributed by atoms with Crippen LogP contribution < -0.4 is 10.5 Å². The van der Waals surface area contributed by atoms with Crippen LogP contribution in [0.1, 0.15) is 0 Å². The lowest BCUT2D eigenvalue weighted by Gasteiger charge is -2.19. The summed E-state index contributed by atoms with van der Waals surface area (Å²) in [4.78, 5) is 10.9. The molecule has 7 aromatic rings. The van der Waals surface area contributed by atoms with E-state index in [9.17, 15) is 0 Å². The first-order valence-corrected chi connectivity index (χ1v) is 17.2. The zero-order valence-corrected chi connectivity index (χ0v) is 24.1. The van der Waals surface area contributed by atoms with Crippen molar-refractivity contribution in [1.82, 2.24) is 9.97 Å². The van der Waals surface area contributed by atoms with E-state index >= 15 is 0 Å². The zero-order valence-electron chi connectivity index (χ0n) is 23.1. The van der Waals surface area contributed by atoms with Gasteiger partial charge in [-0.05, 0) is 49.5 Å². The van der Waals surface area contributed by atoms with Gasteiger partial charge in [0.25, 0.3) is 0 Å². The van der Waals surface area contributed by atoms with Crippen molar-refractivity contribution in [3.05, 3.63) is 133 Å². The second-order valence-corrected chi connectivity index (χ2v) is 15.7. The van der Waals surface area contributed by atoms with E-state index in [0.717, 1.165) is 22.6 Å². The summed E-state index contributed by atoms with van der Waals surface area (Å²) >= 11 is 0. The zero-order chi connectivity index (χ0) is 27.6. The van der Waals surface area contributed by atoms with Gasteiger partial charge in [0.1, 0.15) is 8.07 Å². The SMILES string of the molecule is C[Si]1(C)c2ccc3ccccc3c2-c2c(-c3cccc4ccccc34)nc(-c3cccc(-c4ccccc4)c3)nc21. The molecule has 0 unspecified atom stereocenters. The van der Waals surface area contributed by atoms with E-state index in [1.165, 1.54) is 54.3 Å². The van der Waals surface area contributed by atoms with E-state index < -0.39 is 8.07 Å². The van der Waals surface area contributed by atoms with E-state index in [4.69, 9.17) is 9.97 Å². The topological polar surface area (TPSA) is 25.8 Å². The van der Waals surface area contributed by atoms with Gasteiger partial charge in [-0.25, -0.2) is 9.97 Å². The Morgan fingerprint density at radius 1 is 0.488 bits per heavy atom. The highest BCUT2D eigenvalue weighted by Gasteiger charge is 2.42. The normalized spacial score (nSPS) is 13.3. The summed E-state index contributed by atoms with van der Waals surface area (Å²) in [6.45, 7) is 4.88. The van der Waals surface area contributed by atoms with Crippen LogP contribution in [0.3, 0.4) is 0 Å². The fourth-order valence-corrected chi connectivity index (χ4v) is 9.46. The van der Waals surface area contributed by atoms with Gasteiger partial charge in [-0.3, -0.25) is 0 Å². The van der Waals surface area contributed by atoms with E-state index in [1.54, 1.807) is 0 Å². The standard InChI is InChI=1S/C38H28N2Si/c1-41(2)33-23-22-27-15-7-9-20-31(27)34(33)35-36(32-21-11-16-26-14-6-8-19-30(26)32)39-37(40-38(35)41)29-18-10-17-28(24-29)25-12-4-3-5-13-25/h3-24H,1-2H3. The molecule has 1 aromatic heterocycles. The van der Waals surface area contributed by atoms with Crippen molar-refractivity contribution in [2.45, 2.75) is 13.1 Å². The third kappa shape index (κ3) is 3.70. The number of rotatable bonds is 3. The average Bonchev–Trinajstić information content (AvgIpc) is 3.27. The Bertz CT molecular complexity index is 2120. The van der Waals surface area contributed by atoms with Crippen molar-refractivity contribution in [2.75, 3.05) is 0 Å². The van der Waals surface area contributed by atoms with Crippen LogP contribution >= 0.6 is 0 Å².